The molecule has 0 N–H and O–H groups in total. The zero-order valence-electron chi connectivity index (χ0n) is 15.4. The first kappa shape index (κ1) is 20.0. The zero-order chi connectivity index (χ0) is 20.6. The fourth-order valence-corrected chi connectivity index (χ4v) is 6.32. The SMILES string of the molecule is O=S(=O)(c1cccc(F)c1)N1CCN(S(=O)(=O)c2ccc3ccccc3c2)CC1. The Bertz CT molecular complexity index is 1270. The van der Waals surface area contributed by atoms with Gasteiger partial charge in [-0.3, -0.25) is 0 Å². The van der Waals surface area contributed by atoms with Crippen LogP contribution in [0.3, 0.4) is 0 Å². The van der Waals surface area contributed by atoms with Gasteiger partial charge in [0.25, 0.3) is 0 Å². The van der Waals surface area contributed by atoms with Crippen LogP contribution in [0.1, 0.15) is 0 Å². The van der Waals surface area contributed by atoms with Crippen LogP contribution in [0.5, 0.6) is 0 Å². The Hall–Kier alpha value is -2.33. The van der Waals surface area contributed by atoms with Gasteiger partial charge < -0.3 is 0 Å². The van der Waals surface area contributed by atoms with E-state index < -0.39 is 25.9 Å². The molecular formula is C20H19FN2O4S2. The molecule has 1 aliphatic rings. The van der Waals surface area contributed by atoms with E-state index in [2.05, 4.69) is 0 Å². The lowest BCUT2D eigenvalue weighted by Crippen LogP contribution is -2.50. The average Bonchev–Trinajstić information content (AvgIpc) is 2.73. The molecule has 4 rings (SSSR count). The number of nitrogens with zero attached hydrogens (tertiary/aromatic N) is 2. The molecule has 3 aromatic rings. The monoisotopic (exact) mass is 434 g/mol. The van der Waals surface area contributed by atoms with E-state index in [0.29, 0.717) is 0 Å². The molecule has 29 heavy (non-hydrogen) atoms. The summed E-state index contributed by atoms with van der Waals surface area (Å²) < 4.78 is 67.3. The topological polar surface area (TPSA) is 74.8 Å². The maximum absolute atomic E-state index is 13.4. The molecule has 0 atom stereocenters. The van der Waals surface area contributed by atoms with Crippen molar-refractivity contribution in [2.75, 3.05) is 26.2 Å². The third-order valence-electron chi connectivity index (χ3n) is 4.99. The highest BCUT2D eigenvalue weighted by molar-refractivity contribution is 7.89. The number of fused-ring (bicyclic) bond motifs is 1. The number of sulfonamides is 2. The number of benzene rings is 3. The smallest absolute Gasteiger partial charge is 0.207 e. The molecule has 0 spiro atoms. The number of piperazine rings is 1. The van der Waals surface area contributed by atoms with Crippen LogP contribution in [0.15, 0.2) is 76.5 Å². The van der Waals surface area contributed by atoms with Gasteiger partial charge in [-0.05, 0) is 41.1 Å². The highest BCUT2D eigenvalue weighted by atomic mass is 32.2. The van der Waals surface area contributed by atoms with Crippen molar-refractivity contribution in [3.05, 3.63) is 72.5 Å². The molecule has 152 valence electrons. The standard InChI is InChI=1S/C20H19FN2O4S2/c21-18-6-3-7-19(15-18)28(24,25)22-10-12-23(13-11-22)29(26,27)20-9-8-16-4-1-2-5-17(16)14-20/h1-9,14-15H,10-13H2. The van der Waals surface area contributed by atoms with Crippen LogP contribution in [-0.4, -0.2) is 51.6 Å². The highest BCUT2D eigenvalue weighted by Gasteiger charge is 2.33. The van der Waals surface area contributed by atoms with Crippen molar-refractivity contribution in [1.29, 1.82) is 0 Å². The van der Waals surface area contributed by atoms with E-state index in [1.165, 1.54) is 26.8 Å². The second-order valence-electron chi connectivity index (χ2n) is 6.77. The molecule has 1 saturated heterocycles. The van der Waals surface area contributed by atoms with Crippen LogP contribution in [0.25, 0.3) is 10.8 Å². The number of hydrogen-bond donors (Lipinski definition) is 0. The van der Waals surface area contributed by atoms with Crippen molar-refractivity contribution < 1.29 is 21.2 Å². The second kappa shape index (κ2) is 7.49. The molecule has 3 aromatic carbocycles. The fraction of sp³-hybridized carbons (Fsp3) is 0.200. The van der Waals surface area contributed by atoms with Crippen LogP contribution >= 0.6 is 0 Å². The van der Waals surface area contributed by atoms with Gasteiger partial charge in [-0.15, -0.1) is 0 Å². The molecular weight excluding hydrogens is 415 g/mol. The van der Waals surface area contributed by atoms with Crippen molar-refractivity contribution in [1.82, 2.24) is 8.61 Å². The van der Waals surface area contributed by atoms with Crippen molar-refractivity contribution in [2.45, 2.75) is 9.79 Å². The molecule has 0 saturated carbocycles. The Kier molecular flexibility index (Phi) is 5.16. The van der Waals surface area contributed by atoms with Gasteiger partial charge in [0.15, 0.2) is 0 Å². The molecule has 1 aliphatic heterocycles. The molecule has 0 aliphatic carbocycles. The zero-order valence-corrected chi connectivity index (χ0v) is 17.0. The summed E-state index contributed by atoms with van der Waals surface area (Å²) in [7, 11) is -7.62. The maximum Gasteiger partial charge on any atom is 0.243 e. The highest BCUT2D eigenvalue weighted by Crippen LogP contribution is 2.24. The first-order valence-electron chi connectivity index (χ1n) is 9.03. The molecule has 0 unspecified atom stereocenters. The maximum atomic E-state index is 13.4. The summed E-state index contributed by atoms with van der Waals surface area (Å²) in [5.74, 6) is -0.636. The Labute approximate surface area is 169 Å². The third kappa shape index (κ3) is 3.78. The van der Waals surface area contributed by atoms with Gasteiger partial charge in [0.05, 0.1) is 9.79 Å². The van der Waals surface area contributed by atoms with Gasteiger partial charge in [0, 0.05) is 26.2 Å². The second-order valence-corrected chi connectivity index (χ2v) is 10.7. The van der Waals surface area contributed by atoms with E-state index in [1.807, 2.05) is 24.3 Å². The summed E-state index contributed by atoms with van der Waals surface area (Å²) in [5.41, 5.74) is 0. The molecule has 6 nitrogen and oxygen atoms in total. The van der Waals surface area contributed by atoms with Gasteiger partial charge >= 0.3 is 0 Å². The van der Waals surface area contributed by atoms with Gasteiger partial charge in [0.2, 0.25) is 20.0 Å². The van der Waals surface area contributed by atoms with Crippen LogP contribution in [0.2, 0.25) is 0 Å². The third-order valence-corrected chi connectivity index (χ3v) is 8.78. The lowest BCUT2D eigenvalue weighted by atomic mass is 10.1. The molecule has 9 heteroatoms. The normalized spacial score (nSPS) is 16.9. The molecule has 0 bridgehead atoms. The number of rotatable bonds is 4. The summed E-state index contributed by atoms with van der Waals surface area (Å²) in [6.45, 7) is 0.0741. The Morgan fingerprint density at radius 2 is 1.17 bits per heavy atom. The number of halogens is 1. The Morgan fingerprint density at radius 3 is 1.76 bits per heavy atom. The van der Waals surface area contributed by atoms with E-state index >= 15 is 0 Å². The predicted octanol–water partition coefficient (Wildman–Crippen LogP) is 2.67. The molecule has 1 heterocycles. The first-order valence-corrected chi connectivity index (χ1v) is 11.9. The summed E-state index contributed by atoms with van der Waals surface area (Å²) in [6, 6.07) is 17.2. The van der Waals surface area contributed by atoms with Crippen LogP contribution in [0, 0.1) is 5.82 Å². The number of hydrogen-bond acceptors (Lipinski definition) is 4. The molecule has 0 amide bonds. The van der Waals surface area contributed by atoms with Crippen molar-refractivity contribution >= 4 is 30.8 Å². The van der Waals surface area contributed by atoms with E-state index in [4.69, 9.17) is 0 Å². The largest absolute Gasteiger partial charge is 0.243 e. The van der Waals surface area contributed by atoms with Gasteiger partial charge in [-0.25, -0.2) is 21.2 Å². The Morgan fingerprint density at radius 1 is 0.621 bits per heavy atom. The minimum atomic E-state index is -3.88. The molecule has 0 aromatic heterocycles. The summed E-state index contributed by atoms with van der Waals surface area (Å²) in [5, 5.41) is 1.76. The summed E-state index contributed by atoms with van der Waals surface area (Å²) in [4.78, 5) is 0.0426. The lowest BCUT2D eigenvalue weighted by molar-refractivity contribution is 0.273. The molecule has 0 radical (unpaired) electrons. The summed E-state index contributed by atoms with van der Waals surface area (Å²) >= 11 is 0. The summed E-state index contributed by atoms with van der Waals surface area (Å²) in [6.07, 6.45) is 0. The van der Waals surface area contributed by atoms with Gasteiger partial charge in [-0.1, -0.05) is 36.4 Å². The average molecular weight is 435 g/mol. The first-order chi connectivity index (χ1) is 13.8. The van der Waals surface area contributed by atoms with Crippen molar-refractivity contribution in [3.8, 4) is 0 Å². The Balaban J connectivity index is 1.54. The van der Waals surface area contributed by atoms with Crippen LogP contribution in [-0.2, 0) is 20.0 Å². The van der Waals surface area contributed by atoms with E-state index in [-0.39, 0.29) is 36.0 Å². The minimum absolute atomic E-state index is 0.00561. The van der Waals surface area contributed by atoms with Crippen LogP contribution < -0.4 is 0 Å². The predicted molar refractivity (Wildman–Crippen MR) is 108 cm³/mol. The van der Waals surface area contributed by atoms with Crippen LogP contribution in [0.4, 0.5) is 4.39 Å². The lowest BCUT2D eigenvalue weighted by Gasteiger charge is -2.33. The van der Waals surface area contributed by atoms with E-state index in [1.54, 1.807) is 18.2 Å². The fourth-order valence-electron chi connectivity index (χ4n) is 3.40. The van der Waals surface area contributed by atoms with E-state index in [9.17, 15) is 21.2 Å². The minimum Gasteiger partial charge on any atom is -0.207 e. The van der Waals surface area contributed by atoms with Gasteiger partial charge in [-0.2, -0.15) is 8.61 Å². The van der Waals surface area contributed by atoms with Crippen molar-refractivity contribution in [3.63, 3.8) is 0 Å². The van der Waals surface area contributed by atoms with E-state index in [0.717, 1.165) is 16.8 Å². The van der Waals surface area contributed by atoms with Gasteiger partial charge in [0.1, 0.15) is 5.82 Å². The molecule has 1 fully saturated rings. The van der Waals surface area contributed by atoms with Crippen molar-refractivity contribution in [2.24, 2.45) is 0 Å². The quantitative estimate of drug-likeness (QED) is 0.633.